The Morgan fingerprint density at radius 2 is 1.66 bits per heavy atom. The van der Waals surface area contributed by atoms with E-state index in [1.165, 1.54) is 0 Å². The highest BCUT2D eigenvalue weighted by Crippen LogP contribution is 2.37. The molecule has 0 saturated carbocycles. The molecule has 0 aliphatic heterocycles. The number of rotatable bonds is 2. The quantitative estimate of drug-likeness (QED) is 0.357. The van der Waals surface area contributed by atoms with Gasteiger partial charge >= 0.3 is 0 Å². The summed E-state index contributed by atoms with van der Waals surface area (Å²) in [6.07, 6.45) is 1.80. The molecular formula is C25H17N3O. The van der Waals surface area contributed by atoms with Crippen molar-refractivity contribution in [1.29, 1.82) is 0 Å². The molecule has 3 heterocycles. The van der Waals surface area contributed by atoms with Crippen molar-refractivity contribution < 1.29 is 4.42 Å². The summed E-state index contributed by atoms with van der Waals surface area (Å²) in [6.45, 7) is 2.00. The summed E-state index contributed by atoms with van der Waals surface area (Å²) in [6, 6.07) is 26.8. The number of nitrogens with zero attached hydrogens (tertiary/aromatic N) is 3. The van der Waals surface area contributed by atoms with Crippen LogP contribution in [0.15, 0.2) is 89.5 Å². The molecule has 29 heavy (non-hydrogen) atoms. The van der Waals surface area contributed by atoms with Gasteiger partial charge in [0.2, 0.25) is 0 Å². The minimum atomic E-state index is 0.792. The molecule has 0 spiro atoms. The zero-order valence-electron chi connectivity index (χ0n) is 15.8. The number of para-hydroxylation sites is 4. The van der Waals surface area contributed by atoms with Crippen molar-refractivity contribution in [1.82, 2.24) is 14.5 Å². The monoisotopic (exact) mass is 375 g/mol. The standard InChI is InChI=1S/C25H17N3O/c1-16-14-20-18-10-7-11-19(24(18)29-23(20)15-26-16)25-27-21-12-5-6-13-22(21)28(25)17-8-3-2-4-9-17/h2-15H,1H3. The van der Waals surface area contributed by atoms with E-state index < -0.39 is 0 Å². The minimum absolute atomic E-state index is 0.792. The lowest BCUT2D eigenvalue weighted by molar-refractivity contribution is 0.667. The fraction of sp³-hybridized carbons (Fsp3) is 0.0400. The van der Waals surface area contributed by atoms with Crippen LogP contribution >= 0.6 is 0 Å². The fourth-order valence-corrected chi connectivity index (χ4v) is 4.03. The molecule has 3 aromatic heterocycles. The number of furan rings is 1. The molecule has 0 radical (unpaired) electrons. The lowest BCUT2D eigenvalue weighted by Gasteiger charge is -2.09. The molecule has 0 aliphatic carbocycles. The first-order valence-electron chi connectivity index (χ1n) is 9.61. The topological polar surface area (TPSA) is 43.9 Å². The van der Waals surface area contributed by atoms with Gasteiger partial charge in [-0.05, 0) is 43.3 Å². The van der Waals surface area contributed by atoms with E-state index in [9.17, 15) is 0 Å². The van der Waals surface area contributed by atoms with E-state index >= 15 is 0 Å². The molecule has 0 amide bonds. The van der Waals surface area contributed by atoms with Crippen LogP contribution in [-0.4, -0.2) is 14.5 Å². The molecule has 4 heteroatoms. The molecule has 4 nitrogen and oxygen atoms in total. The zero-order valence-corrected chi connectivity index (χ0v) is 15.8. The van der Waals surface area contributed by atoms with Crippen LogP contribution in [0, 0.1) is 6.92 Å². The average Bonchev–Trinajstić information content (AvgIpc) is 3.32. The van der Waals surface area contributed by atoms with Crippen molar-refractivity contribution in [2.45, 2.75) is 6.92 Å². The summed E-state index contributed by atoms with van der Waals surface area (Å²) in [5.41, 5.74) is 6.67. The fourth-order valence-electron chi connectivity index (χ4n) is 4.03. The highest BCUT2D eigenvalue weighted by atomic mass is 16.3. The molecule has 0 fully saturated rings. The maximum atomic E-state index is 6.26. The first-order valence-corrected chi connectivity index (χ1v) is 9.61. The molecule has 3 aromatic carbocycles. The summed E-state index contributed by atoms with van der Waals surface area (Å²) in [7, 11) is 0. The van der Waals surface area contributed by atoms with E-state index in [2.05, 4.69) is 52.0 Å². The van der Waals surface area contributed by atoms with Crippen molar-refractivity contribution in [3.8, 4) is 17.1 Å². The predicted octanol–water partition coefficient (Wildman–Crippen LogP) is 6.30. The number of aromatic nitrogens is 3. The van der Waals surface area contributed by atoms with Gasteiger partial charge in [0.1, 0.15) is 11.4 Å². The van der Waals surface area contributed by atoms with Crippen LogP contribution in [0.3, 0.4) is 0 Å². The van der Waals surface area contributed by atoms with E-state index in [-0.39, 0.29) is 0 Å². The SMILES string of the molecule is Cc1cc2c(cn1)oc1c(-c3nc4ccccc4n3-c3ccccc3)cccc12. The smallest absolute Gasteiger partial charge is 0.153 e. The number of benzene rings is 3. The number of fused-ring (bicyclic) bond motifs is 4. The second-order valence-electron chi connectivity index (χ2n) is 7.20. The van der Waals surface area contributed by atoms with Crippen LogP contribution in [0.1, 0.15) is 5.69 Å². The third-order valence-electron chi connectivity index (χ3n) is 5.34. The van der Waals surface area contributed by atoms with Crippen molar-refractivity contribution in [2.75, 3.05) is 0 Å². The van der Waals surface area contributed by atoms with Gasteiger partial charge in [0.25, 0.3) is 0 Å². The zero-order chi connectivity index (χ0) is 19.4. The number of pyridine rings is 1. The van der Waals surface area contributed by atoms with Gasteiger partial charge in [0.15, 0.2) is 5.58 Å². The molecule has 0 atom stereocenters. The van der Waals surface area contributed by atoms with Gasteiger partial charge in [-0.15, -0.1) is 0 Å². The maximum absolute atomic E-state index is 6.26. The minimum Gasteiger partial charge on any atom is -0.454 e. The Hall–Kier alpha value is -3.92. The average molecular weight is 375 g/mol. The van der Waals surface area contributed by atoms with E-state index in [1.807, 2.05) is 43.3 Å². The molecule has 0 N–H and O–H groups in total. The Labute approximate surface area is 167 Å². The Kier molecular flexibility index (Phi) is 3.35. The van der Waals surface area contributed by atoms with Crippen molar-refractivity contribution in [3.63, 3.8) is 0 Å². The largest absolute Gasteiger partial charge is 0.454 e. The van der Waals surface area contributed by atoms with Crippen molar-refractivity contribution >= 4 is 33.0 Å². The van der Waals surface area contributed by atoms with Gasteiger partial charge in [-0.25, -0.2) is 4.98 Å². The van der Waals surface area contributed by atoms with E-state index in [0.29, 0.717) is 0 Å². The normalized spacial score (nSPS) is 11.6. The number of hydrogen-bond acceptors (Lipinski definition) is 3. The summed E-state index contributed by atoms with van der Waals surface area (Å²) < 4.78 is 8.46. The van der Waals surface area contributed by atoms with Gasteiger partial charge < -0.3 is 4.42 Å². The van der Waals surface area contributed by atoms with Crippen molar-refractivity contribution in [3.05, 3.63) is 90.8 Å². The molecule has 0 unspecified atom stereocenters. The van der Waals surface area contributed by atoms with E-state index in [1.54, 1.807) is 6.20 Å². The highest BCUT2D eigenvalue weighted by Gasteiger charge is 2.19. The van der Waals surface area contributed by atoms with Gasteiger partial charge in [0, 0.05) is 22.2 Å². The summed E-state index contributed by atoms with van der Waals surface area (Å²) in [4.78, 5) is 9.37. The Balaban J connectivity index is 1.73. The highest BCUT2D eigenvalue weighted by molar-refractivity contribution is 6.09. The van der Waals surface area contributed by atoms with E-state index in [4.69, 9.17) is 9.40 Å². The number of aryl methyl sites for hydroxylation is 1. The van der Waals surface area contributed by atoms with Gasteiger partial charge in [-0.2, -0.15) is 0 Å². The van der Waals surface area contributed by atoms with Crippen LogP contribution in [0.25, 0.3) is 50.0 Å². The number of hydrogen-bond donors (Lipinski definition) is 0. The molecule has 0 bridgehead atoms. The van der Waals surface area contributed by atoms with E-state index in [0.717, 1.165) is 55.7 Å². The Bertz CT molecular complexity index is 1510. The molecule has 6 rings (SSSR count). The van der Waals surface area contributed by atoms with Gasteiger partial charge in [0.05, 0.1) is 22.8 Å². The third-order valence-corrected chi connectivity index (χ3v) is 5.34. The summed E-state index contributed by atoms with van der Waals surface area (Å²) in [5, 5.41) is 2.16. The molecule has 138 valence electrons. The second kappa shape index (κ2) is 6.04. The van der Waals surface area contributed by atoms with Crippen LogP contribution in [0.4, 0.5) is 0 Å². The first kappa shape index (κ1) is 16.1. The lowest BCUT2D eigenvalue weighted by Crippen LogP contribution is -1.97. The van der Waals surface area contributed by atoms with Crippen LogP contribution < -0.4 is 0 Å². The Morgan fingerprint density at radius 1 is 0.828 bits per heavy atom. The Morgan fingerprint density at radius 3 is 2.55 bits per heavy atom. The number of imidazole rings is 1. The lowest BCUT2D eigenvalue weighted by atomic mass is 10.1. The second-order valence-corrected chi connectivity index (χ2v) is 7.20. The molecular weight excluding hydrogens is 358 g/mol. The molecule has 0 saturated heterocycles. The maximum Gasteiger partial charge on any atom is 0.153 e. The van der Waals surface area contributed by atoms with Crippen molar-refractivity contribution in [2.24, 2.45) is 0 Å². The molecule has 0 aliphatic rings. The summed E-state index contributed by atoms with van der Waals surface area (Å²) >= 11 is 0. The predicted molar refractivity (Wildman–Crippen MR) is 116 cm³/mol. The molecule has 6 aromatic rings. The van der Waals surface area contributed by atoms with Gasteiger partial charge in [-0.3, -0.25) is 9.55 Å². The van der Waals surface area contributed by atoms with Gasteiger partial charge in [-0.1, -0.05) is 42.5 Å². The third kappa shape index (κ3) is 2.39. The van der Waals surface area contributed by atoms with Crippen LogP contribution in [0.5, 0.6) is 0 Å². The first-order chi connectivity index (χ1) is 14.3. The van der Waals surface area contributed by atoms with Crippen LogP contribution in [0.2, 0.25) is 0 Å². The van der Waals surface area contributed by atoms with Crippen LogP contribution in [-0.2, 0) is 0 Å². The summed E-state index contributed by atoms with van der Waals surface area (Å²) in [5.74, 6) is 0.867.